The fourth-order valence-electron chi connectivity index (χ4n) is 3.18. The summed E-state index contributed by atoms with van der Waals surface area (Å²) in [6.45, 7) is 0.389. The molecule has 0 aliphatic rings. The summed E-state index contributed by atoms with van der Waals surface area (Å²) in [5.41, 5.74) is 2.13. The Kier molecular flexibility index (Phi) is 6.77. The fourth-order valence-corrected chi connectivity index (χ4v) is 4.76. The topological polar surface area (TPSA) is 82.5 Å². The number of thioether (sulfide) groups is 1. The number of rotatable bonds is 8. The molecule has 2 heterocycles. The van der Waals surface area contributed by atoms with Crippen LogP contribution in [-0.2, 0) is 11.3 Å². The first-order valence-corrected chi connectivity index (χ1v) is 11.6. The van der Waals surface area contributed by atoms with Crippen LogP contribution >= 0.6 is 23.1 Å². The average molecular weight is 468 g/mol. The van der Waals surface area contributed by atoms with E-state index >= 15 is 0 Å². The molecule has 4 aromatic rings. The molecule has 1 amide bonds. The van der Waals surface area contributed by atoms with E-state index in [1.54, 1.807) is 29.9 Å². The van der Waals surface area contributed by atoms with Crippen LogP contribution in [0.3, 0.4) is 0 Å². The molecule has 164 valence electrons. The Morgan fingerprint density at radius 1 is 1.09 bits per heavy atom. The quantitative estimate of drug-likeness (QED) is 0.308. The second-order valence-corrected chi connectivity index (χ2v) is 8.67. The van der Waals surface area contributed by atoms with E-state index in [1.165, 1.54) is 30.2 Å². The van der Waals surface area contributed by atoms with Crippen molar-refractivity contribution in [3.8, 4) is 11.5 Å². The van der Waals surface area contributed by atoms with Crippen molar-refractivity contribution in [1.82, 2.24) is 9.55 Å². The van der Waals surface area contributed by atoms with Crippen LogP contribution in [0.4, 0.5) is 5.69 Å². The number of benzene rings is 2. The van der Waals surface area contributed by atoms with E-state index in [4.69, 9.17) is 9.47 Å². The average Bonchev–Trinajstić information content (AvgIpc) is 3.29. The highest BCUT2D eigenvalue weighted by atomic mass is 32.2. The Balaban J connectivity index is 1.54. The first-order valence-electron chi connectivity index (χ1n) is 9.75. The minimum atomic E-state index is -0.215. The Hall–Kier alpha value is -3.30. The van der Waals surface area contributed by atoms with E-state index in [0.717, 1.165) is 5.56 Å². The highest BCUT2D eigenvalue weighted by Crippen LogP contribution is 2.30. The van der Waals surface area contributed by atoms with Gasteiger partial charge in [-0.2, -0.15) is 0 Å². The summed E-state index contributed by atoms with van der Waals surface area (Å²) in [4.78, 5) is 30.3. The molecule has 0 aliphatic heterocycles. The summed E-state index contributed by atoms with van der Waals surface area (Å²) in [7, 11) is 3.09. The molecule has 2 aromatic carbocycles. The molecule has 0 unspecified atom stereocenters. The van der Waals surface area contributed by atoms with Gasteiger partial charge in [0.05, 0.1) is 32.0 Å². The summed E-state index contributed by atoms with van der Waals surface area (Å²) in [5, 5.41) is 5.20. The molecule has 0 saturated carbocycles. The number of thiophene rings is 1. The zero-order valence-corrected chi connectivity index (χ0v) is 19.2. The van der Waals surface area contributed by atoms with Gasteiger partial charge < -0.3 is 14.8 Å². The van der Waals surface area contributed by atoms with Crippen molar-refractivity contribution in [3.05, 3.63) is 75.9 Å². The minimum Gasteiger partial charge on any atom is -0.493 e. The van der Waals surface area contributed by atoms with E-state index in [-0.39, 0.29) is 17.2 Å². The zero-order valence-electron chi connectivity index (χ0n) is 17.5. The summed E-state index contributed by atoms with van der Waals surface area (Å²) >= 11 is 2.61. The Labute approximate surface area is 193 Å². The number of hydrogen-bond donors (Lipinski definition) is 1. The van der Waals surface area contributed by atoms with Gasteiger partial charge in [0.25, 0.3) is 5.56 Å². The molecule has 0 fully saturated rings. The lowest BCUT2D eigenvalue weighted by Crippen LogP contribution is -2.24. The summed E-state index contributed by atoms with van der Waals surface area (Å²) in [5.74, 6) is 0.996. The van der Waals surface area contributed by atoms with Gasteiger partial charge in [-0.1, -0.05) is 42.1 Å². The normalized spacial score (nSPS) is 10.8. The van der Waals surface area contributed by atoms with Crippen LogP contribution < -0.4 is 20.3 Å². The smallest absolute Gasteiger partial charge is 0.272 e. The van der Waals surface area contributed by atoms with Gasteiger partial charge >= 0.3 is 0 Å². The summed E-state index contributed by atoms with van der Waals surface area (Å²) in [6, 6.07) is 16.7. The van der Waals surface area contributed by atoms with Gasteiger partial charge in [0, 0.05) is 11.8 Å². The number of fused-ring (bicyclic) bond motifs is 1. The van der Waals surface area contributed by atoms with Gasteiger partial charge in [-0.3, -0.25) is 14.2 Å². The molecule has 2 aromatic heterocycles. The van der Waals surface area contributed by atoms with Gasteiger partial charge in [0.2, 0.25) is 5.91 Å². The van der Waals surface area contributed by atoms with Crippen molar-refractivity contribution in [1.29, 1.82) is 0 Å². The molecule has 0 radical (unpaired) electrons. The van der Waals surface area contributed by atoms with Crippen molar-refractivity contribution < 1.29 is 14.3 Å². The van der Waals surface area contributed by atoms with Crippen molar-refractivity contribution >= 4 is 44.9 Å². The van der Waals surface area contributed by atoms with Gasteiger partial charge in [-0.25, -0.2) is 4.98 Å². The maximum atomic E-state index is 13.1. The third-order valence-electron chi connectivity index (χ3n) is 4.71. The molecule has 0 saturated heterocycles. The molecular formula is C23H21N3O4S2. The predicted octanol–water partition coefficient (Wildman–Crippen LogP) is 4.25. The van der Waals surface area contributed by atoms with Crippen molar-refractivity contribution in [2.24, 2.45) is 0 Å². The van der Waals surface area contributed by atoms with Crippen LogP contribution in [0.1, 0.15) is 5.56 Å². The third-order valence-corrected chi connectivity index (χ3v) is 6.58. The number of hydrogen-bond acceptors (Lipinski definition) is 7. The molecular weight excluding hydrogens is 446 g/mol. The Bertz CT molecular complexity index is 1300. The van der Waals surface area contributed by atoms with Gasteiger partial charge in [0.1, 0.15) is 4.70 Å². The van der Waals surface area contributed by atoms with E-state index in [9.17, 15) is 9.59 Å². The largest absolute Gasteiger partial charge is 0.493 e. The number of amides is 1. The number of carbonyl (C=O) groups is 1. The number of nitrogens with zero attached hydrogens (tertiary/aromatic N) is 2. The zero-order chi connectivity index (χ0) is 22.5. The number of methoxy groups -OCH3 is 2. The van der Waals surface area contributed by atoms with E-state index in [1.807, 2.05) is 41.8 Å². The number of anilines is 1. The second-order valence-electron chi connectivity index (χ2n) is 6.81. The summed E-state index contributed by atoms with van der Waals surface area (Å²) in [6.07, 6.45) is 0. The predicted molar refractivity (Wildman–Crippen MR) is 128 cm³/mol. The lowest BCUT2D eigenvalue weighted by Gasteiger charge is -2.13. The number of aromatic nitrogens is 2. The second kappa shape index (κ2) is 9.88. The lowest BCUT2D eigenvalue weighted by atomic mass is 10.2. The molecule has 0 spiro atoms. The van der Waals surface area contributed by atoms with Crippen LogP contribution in [0.15, 0.2) is 69.9 Å². The van der Waals surface area contributed by atoms with Crippen LogP contribution in [-0.4, -0.2) is 35.4 Å². The molecule has 0 atom stereocenters. The van der Waals surface area contributed by atoms with Crippen molar-refractivity contribution in [3.63, 3.8) is 0 Å². The highest BCUT2D eigenvalue weighted by Gasteiger charge is 2.15. The van der Waals surface area contributed by atoms with Crippen molar-refractivity contribution in [2.45, 2.75) is 11.7 Å². The van der Waals surface area contributed by atoms with E-state index < -0.39 is 0 Å². The Morgan fingerprint density at radius 2 is 1.88 bits per heavy atom. The molecule has 0 aliphatic carbocycles. The molecule has 32 heavy (non-hydrogen) atoms. The van der Waals surface area contributed by atoms with Crippen LogP contribution in [0, 0.1) is 0 Å². The molecule has 9 heteroatoms. The van der Waals surface area contributed by atoms with Crippen LogP contribution in [0.2, 0.25) is 0 Å². The van der Waals surface area contributed by atoms with Crippen molar-refractivity contribution in [2.75, 3.05) is 25.3 Å². The van der Waals surface area contributed by atoms with E-state index in [0.29, 0.717) is 39.1 Å². The van der Waals surface area contributed by atoms with Crippen LogP contribution in [0.25, 0.3) is 10.2 Å². The summed E-state index contributed by atoms with van der Waals surface area (Å²) < 4.78 is 12.7. The molecule has 0 bridgehead atoms. The van der Waals surface area contributed by atoms with E-state index in [2.05, 4.69) is 10.3 Å². The minimum absolute atomic E-state index is 0.100. The number of nitrogens with one attached hydrogen (secondary N) is 1. The number of ether oxygens (including phenoxy) is 2. The molecule has 4 rings (SSSR count). The molecule has 1 N–H and O–H groups in total. The number of carbonyl (C=O) groups excluding carboxylic acids is 1. The fraction of sp³-hybridized carbons (Fsp3) is 0.174. The standard InChI is InChI=1S/C23H21N3O4S2/c1-29-18-9-8-16(12-19(18)30-2)24-20(27)14-32-23-25-17-10-11-31-21(17)22(28)26(23)13-15-6-4-3-5-7-15/h3-12H,13-14H2,1-2H3,(H,24,27). The first kappa shape index (κ1) is 21.9. The van der Waals surface area contributed by atoms with Gasteiger partial charge in [-0.15, -0.1) is 11.3 Å². The first-order chi connectivity index (χ1) is 15.6. The maximum Gasteiger partial charge on any atom is 0.272 e. The SMILES string of the molecule is COc1ccc(NC(=O)CSc2nc3ccsc3c(=O)n2Cc2ccccc2)cc1OC. The monoisotopic (exact) mass is 467 g/mol. The maximum absolute atomic E-state index is 13.1. The third kappa shape index (κ3) is 4.79. The van der Waals surface area contributed by atoms with Gasteiger partial charge in [-0.05, 0) is 29.1 Å². The molecule has 7 nitrogen and oxygen atoms in total. The van der Waals surface area contributed by atoms with Gasteiger partial charge in [0.15, 0.2) is 16.7 Å². The van der Waals surface area contributed by atoms with Crippen LogP contribution in [0.5, 0.6) is 11.5 Å². The lowest BCUT2D eigenvalue weighted by molar-refractivity contribution is -0.113. The highest BCUT2D eigenvalue weighted by molar-refractivity contribution is 7.99. The Morgan fingerprint density at radius 3 is 2.62 bits per heavy atom.